The highest BCUT2D eigenvalue weighted by atomic mass is 16.5. The first-order chi connectivity index (χ1) is 15.0. The fraction of sp³-hybridized carbons (Fsp3) is 0.478. The predicted octanol–water partition coefficient (Wildman–Crippen LogP) is 2.08. The van der Waals surface area contributed by atoms with Crippen molar-refractivity contribution in [1.82, 2.24) is 10.6 Å². The van der Waals surface area contributed by atoms with Crippen molar-refractivity contribution in [3.05, 3.63) is 39.2 Å². The molecule has 1 heterocycles. The molecule has 0 radical (unpaired) electrons. The molecule has 3 atom stereocenters. The molecule has 0 aliphatic heterocycles. The molecule has 0 aliphatic carbocycles. The lowest BCUT2D eigenvalue weighted by molar-refractivity contribution is -0.142. The smallest absolute Gasteiger partial charge is 0.340 e. The van der Waals surface area contributed by atoms with Crippen molar-refractivity contribution in [1.29, 1.82) is 0 Å². The minimum atomic E-state index is -1.18. The summed E-state index contributed by atoms with van der Waals surface area (Å²) in [5.74, 6) is -2.04. The van der Waals surface area contributed by atoms with Gasteiger partial charge in [0.05, 0.1) is 24.5 Å². The van der Waals surface area contributed by atoms with E-state index in [4.69, 9.17) is 14.3 Å². The maximum Gasteiger partial charge on any atom is 0.340 e. The third-order valence-corrected chi connectivity index (χ3v) is 5.59. The van der Waals surface area contributed by atoms with Gasteiger partial charge in [0.2, 0.25) is 11.8 Å². The molecule has 1 aromatic carbocycles. The van der Waals surface area contributed by atoms with E-state index in [-0.39, 0.29) is 17.9 Å². The zero-order valence-corrected chi connectivity index (χ0v) is 19.2. The Balaban J connectivity index is 2.34. The number of nitrogens with one attached hydrogen (secondary N) is 2. The van der Waals surface area contributed by atoms with E-state index >= 15 is 0 Å². The number of benzene rings is 1. The molecule has 2 rings (SSSR count). The molecule has 0 saturated carbocycles. The summed E-state index contributed by atoms with van der Waals surface area (Å²) in [6.07, 6.45) is 0.281. The monoisotopic (exact) mass is 446 g/mol. The summed E-state index contributed by atoms with van der Waals surface area (Å²) in [6, 6.07) is 1.49. The summed E-state index contributed by atoms with van der Waals surface area (Å²) < 4.78 is 10.9. The number of aryl methyl sites for hydroxylation is 2. The van der Waals surface area contributed by atoms with Gasteiger partial charge in [0.1, 0.15) is 23.4 Å². The van der Waals surface area contributed by atoms with Gasteiger partial charge in [-0.3, -0.25) is 14.4 Å². The van der Waals surface area contributed by atoms with E-state index < -0.39 is 35.5 Å². The molecule has 2 amide bonds. The number of amides is 2. The van der Waals surface area contributed by atoms with Crippen LogP contribution in [0.15, 0.2) is 21.3 Å². The number of hydrogen-bond acceptors (Lipinski definition) is 6. The van der Waals surface area contributed by atoms with Crippen LogP contribution in [0.4, 0.5) is 0 Å². The SMILES string of the molecule is CCC(C)C(NC(=O)Cc1c(C)c2c(OC)cc(C)cc2oc1=O)C(=O)NC(C)C(=O)O. The van der Waals surface area contributed by atoms with E-state index in [0.717, 1.165) is 5.56 Å². The molecular formula is C23H30N2O7. The largest absolute Gasteiger partial charge is 0.496 e. The Kier molecular flexibility index (Phi) is 8.02. The topological polar surface area (TPSA) is 135 Å². The molecule has 0 spiro atoms. The molecule has 0 fully saturated rings. The van der Waals surface area contributed by atoms with Crippen molar-refractivity contribution in [2.24, 2.45) is 5.92 Å². The van der Waals surface area contributed by atoms with Gasteiger partial charge >= 0.3 is 11.6 Å². The molecule has 0 bridgehead atoms. The van der Waals surface area contributed by atoms with Crippen molar-refractivity contribution in [3.63, 3.8) is 0 Å². The van der Waals surface area contributed by atoms with Gasteiger partial charge in [-0.05, 0) is 49.9 Å². The number of rotatable bonds is 9. The summed E-state index contributed by atoms with van der Waals surface area (Å²) in [5.41, 5.74) is 1.32. The average Bonchev–Trinajstić information content (AvgIpc) is 2.73. The number of carboxylic acids is 1. The van der Waals surface area contributed by atoms with Gasteiger partial charge < -0.3 is 24.9 Å². The number of aliphatic carboxylic acids is 1. The number of hydrogen-bond donors (Lipinski definition) is 3. The van der Waals surface area contributed by atoms with E-state index in [0.29, 0.717) is 28.7 Å². The normalized spacial score (nSPS) is 13.8. The van der Waals surface area contributed by atoms with Crippen LogP contribution in [-0.2, 0) is 20.8 Å². The molecule has 2 aromatic rings. The van der Waals surface area contributed by atoms with E-state index in [9.17, 15) is 19.2 Å². The highest BCUT2D eigenvalue weighted by Gasteiger charge is 2.29. The fourth-order valence-corrected chi connectivity index (χ4v) is 3.45. The number of carboxylic acid groups (broad SMARTS) is 1. The van der Waals surface area contributed by atoms with Gasteiger partial charge in [0.15, 0.2) is 0 Å². The molecular weight excluding hydrogens is 416 g/mol. The lowest BCUT2D eigenvalue weighted by Gasteiger charge is -2.24. The van der Waals surface area contributed by atoms with Crippen molar-refractivity contribution >= 4 is 28.8 Å². The van der Waals surface area contributed by atoms with Crippen molar-refractivity contribution < 1.29 is 28.6 Å². The fourth-order valence-electron chi connectivity index (χ4n) is 3.45. The first-order valence-corrected chi connectivity index (χ1v) is 10.4. The van der Waals surface area contributed by atoms with E-state index in [2.05, 4.69) is 10.6 Å². The highest BCUT2D eigenvalue weighted by Crippen LogP contribution is 2.30. The van der Waals surface area contributed by atoms with Crippen molar-refractivity contribution in [3.8, 4) is 5.75 Å². The first-order valence-electron chi connectivity index (χ1n) is 10.4. The summed E-state index contributed by atoms with van der Waals surface area (Å²) in [5, 5.41) is 14.7. The van der Waals surface area contributed by atoms with Gasteiger partial charge in [-0.25, -0.2) is 4.79 Å². The number of methoxy groups -OCH3 is 1. The standard InChI is InChI=1S/C23H30N2O7/c1-7-12(3)20(21(27)24-14(5)22(28)29)25-18(26)10-15-13(4)19-16(31-6)8-11(2)9-17(19)32-23(15)30/h8-9,12,14,20H,7,10H2,1-6H3,(H,24,27)(H,25,26)(H,28,29). The molecule has 9 nitrogen and oxygen atoms in total. The van der Waals surface area contributed by atoms with E-state index in [1.54, 1.807) is 19.9 Å². The molecule has 3 unspecified atom stereocenters. The molecule has 0 saturated heterocycles. The molecule has 9 heteroatoms. The van der Waals surface area contributed by atoms with Gasteiger partial charge in [0.25, 0.3) is 0 Å². The van der Waals surface area contributed by atoms with Crippen LogP contribution in [0.2, 0.25) is 0 Å². The second kappa shape index (κ2) is 10.3. The van der Waals surface area contributed by atoms with Gasteiger partial charge in [-0.15, -0.1) is 0 Å². The Morgan fingerprint density at radius 1 is 1.16 bits per heavy atom. The Morgan fingerprint density at radius 2 is 1.81 bits per heavy atom. The molecule has 1 aromatic heterocycles. The van der Waals surface area contributed by atoms with E-state index in [1.807, 2.05) is 19.9 Å². The van der Waals surface area contributed by atoms with Gasteiger partial charge in [0, 0.05) is 0 Å². The van der Waals surface area contributed by atoms with Crippen LogP contribution in [0, 0.1) is 19.8 Å². The van der Waals surface area contributed by atoms with Crippen LogP contribution in [-0.4, -0.2) is 42.1 Å². The maximum atomic E-state index is 12.8. The minimum Gasteiger partial charge on any atom is -0.496 e. The zero-order valence-electron chi connectivity index (χ0n) is 19.2. The van der Waals surface area contributed by atoms with Crippen LogP contribution >= 0.6 is 0 Å². The Bertz CT molecular complexity index is 1090. The molecule has 174 valence electrons. The molecule has 3 N–H and O–H groups in total. The van der Waals surface area contributed by atoms with Crippen LogP contribution in [0.3, 0.4) is 0 Å². The number of carbonyl (C=O) groups is 3. The quantitative estimate of drug-likeness (QED) is 0.502. The van der Waals surface area contributed by atoms with Crippen LogP contribution in [0.1, 0.15) is 43.9 Å². The number of ether oxygens (including phenoxy) is 1. The van der Waals surface area contributed by atoms with Crippen LogP contribution < -0.4 is 21.0 Å². The summed E-state index contributed by atoms with van der Waals surface area (Å²) in [4.78, 5) is 49.0. The second-order valence-electron chi connectivity index (χ2n) is 8.01. The summed E-state index contributed by atoms with van der Waals surface area (Å²) in [6.45, 7) is 8.54. The lowest BCUT2D eigenvalue weighted by Crippen LogP contribution is -2.53. The lowest BCUT2D eigenvalue weighted by atomic mass is 9.97. The second-order valence-corrected chi connectivity index (χ2v) is 8.01. The third-order valence-electron chi connectivity index (χ3n) is 5.59. The number of carbonyl (C=O) groups excluding carboxylic acids is 2. The maximum absolute atomic E-state index is 12.8. The van der Waals surface area contributed by atoms with Crippen LogP contribution in [0.25, 0.3) is 11.0 Å². The minimum absolute atomic E-state index is 0.166. The third kappa shape index (κ3) is 5.46. The average molecular weight is 447 g/mol. The Labute approximate surface area is 186 Å². The Morgan fingerprint density at radius 3 is 2.38 bits per heavy atom. The Hall–Kier alpha value is -3.36. The number of fused-ring (bicyclic) bond motifs is 1. The highest BCUT2D eigenvalue weighted by molar-refractivity contribution is 5.92. The summed E-state index contributed by atoms with van der Waals surface area (Å²) >= 11 is 0. The molecule has 0 aliphatic rings. The predicted molar refractivity (Wildman–Crippen MR) is 119 cm³/mol. The first kappa shape index (κ1) is 24.9. The zero-order chi connectivity index (χ0) is 24.2. The van der Waals surface area contributed by atoms with Crippen molar-refractivity contribution in [2.45, 2.75) is 59.5 Å². The van der Waals surface area contributed by atoms with E-state index in [1.165, 1.54) is 14.0 Å². The van der Waals surface area contributed by atoms with Crippen molar-refractivity contribution in [2.75, 3.05) is 7.11 Å². The summed E-state index contributed by atoms with van der Waals surface area (Å²) in [7, 11) is 1.51. The van der Waals surface area contributed by atoms with Crippen LogP contribution in [0.5, 0.6) is 5.75 Å². The van der Waals surface area contributed by atoms with Gasteiger partial charge in [-0.1, -0.05) is 20.3 Å². The molecule has 32 heavy (non-hydrogen) atoms. The van der Waals surface area contributed by atoms with Gasteiger partial charge in [-0.2, -0.15) is 0 Å².